The SMILES string of the molecule is Cc1nnc(-c2cnccn2)nn1. The number of nitrogens with zero attached hydrogens (tertiary/aromatic N) is 6. The zero-order valence-electron chi connectivity index (χ0n) is 6.92. The lowest BCUT2D eigenvalue weighted by atomic mass is 10.4. The monoisotopic (exact) mass is 174 g/mol. The van der Waals surface area contributed by atoms with E-state index < -0.39 is 0 Å². The fourth-order valence-electron chi connectivity index (χ4n) is 0.796. The lowest BCUT2D eigenvalue weighted by molar-refractivity contribution is 0.811. The van der Waals surface area contributed by atoms with Crippen LogP contribution in [0.2, 0.25) is 0 Å². The minimum absolute atomic E-state index is 0.388. The molecule has 0 N–H and O–H groups in total. The molecular weight excluding hydrogens is 168 g/mol. The van der Waals surface area contributed by atoms with Crippen LogP contribution in [-0.4, -0.2) is 30.4 Å². The van der Waals surface area contributed by atoms with E-state index in [0.717, 1.165) is 0 Å². The Morgan fingerprint density at radius 2 is 1.77 bits per heavy atom. The van der Waals surface area contributed by atoms with E-state index in [0.29, 0.717) is 17.3 Å². The summed E-state index contributed by atoms with van der Waals surface area (Å²) in [6, 6.07) is 0. The van der Waals surface area contributed by atoms with Gasteiger partial charge in [0.05, 0.1) is 6.20 Å². The molecule has 0 bridgehead atoms. The van der Waals surface area contributed by atoms with Crippen LogP contribution in [0.3, 0.4) is 0 Å². The third kappa shape index (κ3) is 1.61. The average molecular weight is 174 g/mol. The fourth-order valence-corrected chi connectivity index (χ4v) is 0.796. The summed E-state index contributed by atoms with van der Waals surface area (Å²) >= 11 is 0. The van der Waals surface area contributed by atoms with E-state index in [1.807, 2.05) is 0 Å². The molecule has 13 heavy (non-hydrogen) atoms. The molecule has 0 spiro atoms. The van der Waals surface area contributed by atoms with Crippen molar-refractivity contribution in [2.75, 3.05) is 0 Å². The summed E-state index contributed by atoms with van der Waals surface area (Å²) in [5, 5.41) is 15.2. The predicted octanol–water partition coefficient (Wildman–Crippen LogP) is 0.0320. The maximum Gasteiger partial charge on any atom is 0.223 e. The van der Waals surface area contributed by atoms with Crippen molar-refractivity contribution in [2.45, 2.75) is 6.92 Å². The topological polar surface area (TPSA) is 77.3 Å². The van der Waals surface area contributed by atoms with Crippen LogP contribution >= 0.6 is 0 Å². The molecule has 0 atom stereocenters. The highest BCUT2D eigenvalue weighted by atomic mass is 15.3. The molecule has 64 valence electrons. The zero-order chi connectivity index (χ0) is 9.10. The highest BCUT2D eigenvalue weighted by Gasteiger charge is 2.02. The number of hydrogen-bond donors (Lipinski definition) is 0. The van der Waals surface area contributed by atoms with Crippen LogP contribution in [0.25, 0.3) is 11.5 Å². The van der Waals surface area contributed by atoms with Crippen molar-refractivity contribution in [1.82, 2.24) is 30.4 Å². The predicted molar refractivity (Wildman–Crippen MR) is 43.4 cm³/mol. The van der Waals surface area contributed by atoms with Crippen LogP contribution in [0.15, 0.2) is 18.6 Å². The largest absolute Gasteiger partial charge is 0.261 e. The maximum absolute atomic E-state index is 4.01. The van der Waals surface area contributed by atoms with Gasteiger partial charge in [-0.15, -0.1) is 20.4 Å². The first-order chi connectivity index (χ1) is 6.36. The first-order valence-corrected chi connectivity index (χ1v) is 3.66. The Kier molecular flexibility index (Phi) is 1.87. The normalized spacial score (nSPS) is 9.92. The molecule has 6 heteroatoms. The molecule has 0 amide bonds. The molecule has 2 aromatic rings. The van der Waals surface area contributed by atoms with Gasteiger partial charge >= 0.3 is 0 Å². The van der Waals surface area contributed by atoms with Gasteiger partial charge in [-0.05, 0) is 6.92 Å². The van der Waals surface area contributed by atoms with Gasteiger partial charge in [-0.2, -0.15) is 0 Å². The molecule has 0 fully saturated rings. The van der Waals surface area contributed by atoms with Gasteiger partial charge in [-0.1, -0.05) is 0 Å². The van der Waals surface area contributed by atoms with Crippen LogP contribution in [-0.2, 0) is 0 Å². The molecule has 2 rings (SSSR count). The second-order valence-corrected chi connectivity index (χ2v) is 2.36. The fraction of sp³-hybridized carbons (Fsp3) is 0.143. The van der Waals surface area contributed by atoms with Gasteiger partial charge in [0.2, 0.25) is 5.82 Å². The quantitative estimate of drug-likeness (QED) is 0.607. The van der Waals surface area contributed by atoms with Crippen LogP contribution in [0, 0.1) is 6.92 Å². The van der Waals surface area contributed by atoms with Crippen molar-refractivity contribution in [3.63, 3.8) is 0 Å². The van der Waals surface area contributed by atoms with Crippen molar-refractivity contribution >= 4 is 0 Å². The van der Waals surface area contributed by atoms with Crippen molar-refractivity contribution in [1.29, 1.82) is 0 Å². The van der Waals surface area contributed by atoms with Crippen LogP contribution in [0.5, 0.6) is 0 Å². The Balaban J connectivity index is 2.42. The van der Waals surface area contributed by atoms with Crippen LogP contribution in [0.4, 0.5) is 0 Å². The van der Waals surface area contributed by atoms with E-state index in [1.54, 1.807) is 25.5 Å². The Labute approximate surface area is 74.1 Å². The van der Waals surface area contributed by atoms with E-state index in [1.165, 1.54) is 0 Å². The van der Waals surface area contributed by atoms with E-state index in [-0.39, 0.29) is 0 Å². The third-order valence-electron chi connectivity index (χ3n) is 1.37. The molecular formula is C7H6N6. The summed E-state index contributed by atoms with van der Waals surface area (Å²) in [5.41, 5.74) is 0.572. The van der Waals surface area contributed by atoms with E-state index in [4.69, 9.17) is 0 Å². The molecule has 2 heterocycles. The average Bonchev–Trinajstić information content (AvgIpc) is 2.20. The van der Waals surface area contributed by atoms with Gasteiger partial charge in [0.25, 0.3) is 0 Å². The second kappa shape index (κ2) is 3.18. The number of aryl methyl sites for hydroxylation is 1. The van der Waals surface area contributed by atoms with Crippen molar-refractivity contribution in [3.05, 3.63) is 24.4 Å². The van der Waals surface area contributed by atoms with Gasteiger partial charge in [0.15, 0.2) is 5.82 Å². The van der Waals surface area contributed by atoms with E-state index in [9.17, 15) is 0 Å². The minimum atomic E-state index is 0.388. The summed E-state index contributed by atoms with van der Waals surface area (Å²) in [6.07, 6.45) is 4.71. The van der Waals surface area contributed by atoms with Crippen molar-refractivity contribution in [3.8, 4) is 11.5 Å². The first kappa shape index (κ1) is 7.66. The third-order valence-corrected chi connectivity index (χ3v) is 1.37. The van der Waals surface area contributed by atoms with Gasteiger partial charge in [-0.3, -0.25) is 4.98 Å². The van der Waals surface area contributed by atoms with Crippen LogP contribution < -0.4 is 0 Å². The number of aromatic nitrogens is 6. The van der Waals surface area contributed by atoms with E-state index in [2.05, 4.69) is 30.4 Å². The van der Waals surface area contributed by atoms with Gasteiger partial charge in [0.1, 0.15) is 5.69 Å². The highest BCUT2D eigenvalue weighted by Crippen LogP contribution is 2.04. The van der Waals surface area contributed by atoms with Gasteiger partial charge < -0.3 is 0 Å². The summed E-state index contributed by atoms with van der Waals surface area (Å²) in [6.45, 7) is 1.72. The molecule has 2 aromatic heterocycles. The summed E-state index contributed by atoms with van der Waals surface area (Å²) < 4.78 is 0. The molecule has 0 aliphatic rings. The smallest absolute Gasteiger partial charge is 0.223 e. The molecule has 0 aliphatic carbocycles. The lowest BCUT2D eigenvalue weighted by Crippen LogP contribution is -1.99. The molecule has 0 radical (unpaired) electrons. The Bertz CT molecular complexity index is 383. The lowest BCUT2D eigenvalue weighted by Gasteiger charge is -1.94. The molecule has 0 saturated carbocycles. The Hall–Kier alpha value is -1.98. The number of hydrogen-bond acceptors (Lipinski definition) is 6. The van der Waals surface area contributed by atoms with Crippen molar-refractivity contribution < 1.29 is 0 Å². The summed E-state index contributed by atoms with van der Waals surface area (Å²) in [7, 11) is 0. The molecule has 0 aliphatic heterocycles. The summed E-state index contributed by atoms with van der Waals surface area (Å²) in [5.74, 6) is 0.923. The number of rotatable bonds is 1. The molecule has 0 saturated heterocycles. The molecule has 0 aromatic carbocycles. The highest BCUT2D eigenvalue weighted by molar-refractivity contribution is 5.44. The van der Waals surface area contributed by atoms with Gasteiger partial charge in [-0.25, -0.2) is 4.98 Å². The minimum Gasteiger partial charge on any atom is -0.261 e. The first-order valence-electron chi connectivity index (χ1n) is 3.66. The van der Waals surface area contributed by atoms with E-state index >= 15 is 0 Å². The Morgan fingerprint density at radius 1 is 1.00 bits per heavy atom. The second-order valence-electron chi connectivity index (χ2n) is 2.36. The standard InChI is InChI=1S/C7H6N6/c1-5-10-12-7(13-11-5)6-4-8-2-3-9-6/h2-4H,1H3. The molecule has 6 nitrogen and oxygen atoms in total. The molecule has 0 unspecified atom stereocenters. The maximum atomic E-state index is 4.01. The van der Waals surface area contributed by atoms with Crippen LogP contribution in [0.1, 0.15) is 5.82 Å². The zero-order valence-corrected chi connectivity index (χ0v) is 6.92. The van der Waals surface area contributed by atoms with Gasteiger partial charge in [0, 0.05) is 12.4 Å². The van der Waals surface area contributed by atoms with Crippen molar-refractivity contribution in [2.24, 2.45) is 0 Å². The summed E-state index contributed by atoms with van der Waals surface area (Å²) in [4.78, 5) is 7.90. The Morgan fingerprint density at radius 3 is 2.38 bits per heavy atom.